The largest absolute Gasteiger partial charge is 0.399 e. The van der Waals surface area contributed by atoms with Crippen molar-refractivity contribution in [2.45, 2.75) is 24.8 Å². The fourth-order valence-corrected chi connectivity index (χ4v) is 3.65. The Morgan fingerprint density at radius 3 is 2.67 bits per heavy atom. The fraction of sp³-hybridized carbons (Fsp3) is 0.357. The van der Waals surface area contributed by atoms with E-state index in [1.54, 1.807) is 43.3 Å². The molecule has 0 aliphatic rings. The summed E-state index contributed by atoms with van der Waals surface area (Å²) in [6.45, 7) is 2.19. The predicted octanol–water partition coefficient (Wildman–Crippen LogP) is 1.39. The van der Waals surface area contributed by atoms with Crippen LogP contribution in [0.1, 0.15) is 18.1 Å². The summed E-state index contributed by atoms with van der Waals surface area (Å²) in [5.74, 6) is 0. The molecule has 0 aliphatic heterocycles. The summed E-state index contributed by atoms with van der Waals surface area (Å²) in [5.41, 5.74) is 7.79. The topological polar surface area (TPSA) is 81.2 Å². The lowest BCUT2D eigenvalue weighted by molar-refractivity contribution is 0.466. The van der Waals surface area contributed by atoms with Gasteiger partial charge in [0.2, 0.25) is 10.0 Å². The maximum Gasteiger partial charge on any atom is 0.243 e. The number of sulfonamides is 1. The summed E-state index contributed by atoms with van der Waals surface area (Å²) in [4.78, 5) is 0.274. The third-order valence-corrected chi connectivity index (χ3v) is 5.21. The molecular formula is C14H20N4O2S. The molecule has 7 heteroatoms. The van der Waals surface area contributed by atoms with Crippen molar-refractivity contribution in [3.63, 3.8) is 0 Å². The standard InChI is InChI=1S/C14H20N4O2S/c1-4-12-5-6-13(15)7-14(12)21(19,20)18(3)10-11-8-16-17(2)9-11/h5-9H,4,10,15H2,1-3H3. The number of hydrogen-bond acceptors (Lipinski definition) is 4. The van der Waals surface area contributed by atoms with Gasteiger partial charge in [-0.1, -0.05) is 13.0 Å². The van der Waals surface area contributed by atoms with Crippen molar-refractivity contribution in [1.29, 1.82) is 0 Å². The van der Waals surface area contributed by atoms with Crippen molar-refractivity contribution >= 4 is 15.7 Å². The smallest absolute Gasteiger partial charge is 0.243 e. The highest BCUT2D eigenvalue weighted by Crippen LogP contribution is 2.23. The lowest BCUT2D eigenvalue weighted by Crippen LogP contribution is -2.27. The van der Waals surface area contributed by atoms with E-state index in [2.05, 4.69) is 5.10 Å². The number of benzene rings is 1. The number of aryl methyl sites for hydroxylation is 2. The number of nitrogens with zero attached hydrogens (tertiary/aromatic N) is 3. The van der Waals surface area contributed by atoms with Crippen molar-refractivity contribution in [2.24, 2.45) is 7.05 Å². The summed E-state index contributed by atoms with van der Waals surface area (Å²) < 4.78 is 28.4. The predicted molar refractivity (Wildman–Crippen MR) is 82.1 cm³/mol. The van der Waals surface area contributed by atoms with Crippen molar-refractivity contribution < 1.29 is 8.42 Å². The lowest BCUT2D eigenvalue weighted by atomic mass is 10.1. The average Bonchev–Trinajstić information content (AvgIpc) is 2.84. The van der Waals surface area contributed by atoms with Crippen LogP contribution in [-0.2, 0) is 30.0 Å². The molecule has 114 valence electrons. The summed E-state index contributed by atoms with van der Waals surface area (Å²) in [6.07, 6.45) is 4.09. The number of hydrogen-bond donors (Lipinski definition) is 1. The van der Waals surface area contributed by atoms with E-state index in [-0.39, 0.29) is 11.4 Å². The van der Waals surface area contributed by atoms with E-state index < -0.39 is 10.0 Å². The van der Waals surface area contributed by atoms with Gasteiger partial charge < -0.3 is 5.73 Å². The summed E-state index contributed by atoms with van der Waals surface area (Å²) in [6, 6.07) is 5.01. The molecule has 0 bridgehead atoms. The first kappa shape index (κ1) is 15.5. The van der Waals surface area contributed by atoms with E-state index in [1.807, 2.05) is 6.92 Å². The Balaban J connectivity index is 2.35. The molecule has 0 atom stereocenters. The van der Waals surface area contributed by atoms with Crippen LogP contribution in [0.15, 0.2) is 35.5 Å². The van der Waals surface area contributed by atoms with Gasteiger partial charge in [0, 0.05) is 38.1 Å². The maximum atomic E-state index is 12.7. The molecule has 6 nitrogen and oxygen atoms in total. The minimum absolute atomic E-state index is 0.272. The van der Waals surface area contributed by atoms with Crippen molar-refractivity contribution in [2.75, 3.05) is 12.8 Å². The molecule has 2 aromatic rings. The Hall–Kier alpha value is -1.86. The molecular weight excluding hydrogens is 288 g/mol. The third kappa shape index (κ3) is 3.25. The lowest BCUT2D eigenvalue weighted by Gasteiger charge is -2.18. The monoisotopic (exact) mass is 308 g/mol. The van der Waals surface area contributed by atoms with Crippen LogP contribution in [0.25, 0.3) is 0 Å². The van der Waals surface area contributed by atoms with E-state index in [9.17, 15) is 8.42 Å². The Bertz CT molecular complexity index is 737. The average molecular weight is 308 g/mol. The van der Waals surface area contributed by atoms with Gasteiger partial charge in [0.05, 0.1) is 11.1 Å². The van der Waals surface area contributed by atoms with Gasteiger partial charge >= 0.3 is 0 Å². The summed E-state index contributed by atoms with van der Waals surface area (Å²) in [7, 11) is -0.220. The van der Waals surface area contributed by atoms with E-state index in [0.29, 0.717) is 12.1 Å². The number of rotatable bonds is 5. The first-order valence-corrected chi connectivity index (χ1v) is 8.11. The molecule has 0 radical (unpaired) electrons. The van der Waals surface area contributed by atoms with Gasteiger partial charge in [-0.2, -0.15) is 9.40 Å². The third-order valence-electron chi connectivity index (χ3n) is 3.32. The second-order valence-corrected chi connectivity index (χ2v) is 7.02. The van der Waals surface area contributed by atoms with Crippen LogP contribution >= 0.6 is 0 Å². The SMILES string of the molecule is CCc1ccc(N)cc1S(=O)(=O)N(C)Cc1cnn(C)c1. The van der Waals surface area contributed by atoms with Gasteiger partial charge in [0.1, 0.15) is 0 Å². The molecule has 0 unspecified atom stereocenters. The van der Waals surface area contributed by atoms with Gasteiger partial charge in [0.25, 0.3) is 0 Å². The Morgan fingerprint density at radius 2 is 2.10 bits per heavy atom. The zero-order valence-corrected chi connectivity index (χ0v) is 13.3. The van der Waals surface area contributed by atoms with Gasteiger partial charge in [-0.15, -0.1) is 0 Å². The van der Waals surface area contributed by atoms with Gasteiger partial charge in [0.15, 0.2) is 0 Å². The summed E-state index contributed by atoms with van der Waals surface area (Å²) in [5, 5.41) is 4.05. The number of nitrogen functional groups attached to an aromatic ring is 1. The van der Waals surface area contributed by atoms with Crippen molar-refractivity contribution in [1.82, 2.24) is 14.1 Å². The number of nitrogens with two attached hydrogens (primary N) is 1. The minimum Gasteiger partial charge on any atom is -0.399 e. The van der Waals surface area contributed by atoms with Crippen LogP contribution in [0.2, 0.25) is 0 Å². The van der Waals surface area contributed by atoms with Crippen LogP contribution in [0.3, 0.4) is 0 Å². The Labute approximate surface area is 125 Å². The van der Waals surface area contributed by atoms with Crippen LogP contribution in [0.4, 0.5) is 5.69 Å². The Morgan fingerprint density at radius 1 is 1.38 bits per heavy atom. The van der Waals surface area contributed by atoms with Crippen LogP contribution in [-0.4, -0.2) is 29.6 Å². The first-order chi connectivity index (χ1) is 9.84. The molecule has 2 rings (SSSR count). The molecule has 0 aliphatic carbocycles. The molecule has 0 spiro atoms. The van der Waals surface area contributed by atoms with E-state index in [0.717, 1.165) is 11.1 Å². The molecule has 1 heterocycles. The van der Waals surface area contributed by atoms with Gasteiger partial charge in [-0.25, -0.2) is 8.42 Å². The summed E-state index contributed by atoms with van der Waals surface area (Å²) >= 11 is 0. The van der Waals surface area contributed by atoms with Crippen LogP contribution in [0, 0.1) is 0 Å². The zero-order valence-electron chi connectivity index (χ0n) is 12.4. The molecule has 2 N–H and O–H groups in total. The highest BCUT2D eigenvalue weighted by molar-refractivity contribution is 7.89. The molecule has 0 saturated carbocycles. The second-order valence-electron chi connectivity index (χ2n) is 5.00. The molecule has 21 heavy (non-hydrogen) atoms. The molecule has 0 amide bonds. The first-order valence-electron chi connectivity index (χ1n) is 6.67. The Kier molecular flexibility index (Phi) is 4.34. The molecule has 1 aromatic carbocycles. The molecule has 1 aromatic heterocycles. The minimum atomic E-state index is -3.58. The quantitative estimate of drug-likeness (QED) is 0.846. The van der Waals surface area contributed by atoms with Crippen LogP contribution in [0.5, 0.6) is 0 Å². The van der Waals surface area contributed by atoms with Crippen LogP contribution < -0.4 is 5.73 Å². The normalized spacial score (nSPS) is 12.0. The van der Waals surface area contributed by atoms with E-state index >= 15 is 0 Å². The highest BCUT2D eigenvalue weighted by Gasteiger charge is 2.24. The van der Waals surface area contributed by atoms with Gasteiger partial charge in [-0.3, -0.25) is 4.68 Å². The fourth-order valence-electron chi connectivity index (χ4n) is 2.17. The van der Waals surface area contributed by atoms with Crippen molar-refractivity contribution in [3.05, 3.63) is 41.7 Å². The molecule has 0 fully saturated rings. The number of aromatic nitrogens is 2. The van der Waals surface area contributed by atoms with Gasteiger partial charge in [-0.05, 0) is 24.1 Å². The molecule has 0 saturated heterocycles. The van der Waals surface area contributed by atoms with Crippen molar-refractivity contribution in [3.8, 4) is 0 Å². The van der Waals surface area contributed by atoms with E-state index in [4.69, 9.17) is 5.73 Å². The maximum absolute atomic E-state index is 12.7. The number of anilines is 1. The second kappa shape index (κ2) is 5.87. The zero-order chi connectivity index (χ0) is 15.6. The highest BCUT2D eigenvalue weighted by atomic mass is 32.2. The van der Waals surface area contributed by atoms with E-state index in [1.165, 1.54) is 10.4 Å².